The summed E-state index contributed by atoms with van der Waals surface area (Å²) in [6, 6.07) is 7.37. The van der Waals surface area contributed by atoms with E-state index in [1.165, 1.54) is 6.92 Å². The number of rotatable bonds is 5. The SMILES string of the molecule is CC(=O)c1sc(NC(=O)CN2C(=O)NC(c3ccccc3)C2=O)nc1C. The highest BCUT2D eigenvalue weighted by atomic mass is 32.1. The van der Waals surface area contributed by atoms with E-state index >= 15 is 0 Å². The minimum atomic E-state index is -0.803. The molecule has 9 heteroatoms. The molecule has 26 heavy (non-hydrogen) atoms. The van der Waals surface area contributed by atoms with Gasteiger partial charge in [0.2, 0.25) is 5.91 Å². The average molecular weight is 372 g/mol. The Kier molecular flexibility index (Phi) is 4.81. The fraction of sp³-hybridized carbons (Fsp3) is 0.235. The predicted octanol–water partition coefficient (Wildman–Crippen LogP) is 1.89. The number of carbonyl (C=O) groups is 4. The molecule has 1 aliphatic heterocycles. The number of hydrogen-bond donors (Lipinski definition) is 2. The van der Waals surface area contributed by atoms with Crippen LogP contribution in [0.5, 0.6) is 0 Å². The summed E-state index contributed by atoms with van der Waals surface area (Å²) in [5, 5.41) is 5.34. The molecule has 1 aromatic carbocycles. The van der Waals surface area contributed by atoms with Crippen molar-refractivity contribution < 1.29 is 19.2 Å². The van der Waals surface area contributed by atoms with Gasteiger partial charge in [-0.15, -0.1) is 0 Å². The molecule has 1 unspecified atom stereocenters. The second-order valence-corrected chi connectivity index (χ2v) is 6.75. The molecular formula is C17H16N4O4S. The van der Waals surface area contributed by atoms with Crippen LogP contribution in [0.15, 0.2) is 30.3 Å². The van der Waals surface area contributed by atoms with Gasteiger partial charge in [-0.25, -0.2) is 9.78 Å². The van der Waals surface area contributed by atoms with Gasteiger partial charge in [-0.05, 0) is 12.5 Å². The summed E-state index contributed by atoms with van der Waals surface area (Å²) in [6.07, 6.45) is 0. The molecule has 134 valence electrons. The molecule has 1 atom stereocenters. The van der Waals surface area contributed by atoms with Gasteiger partial charge in [-0.3, -0.25) is 19.3 Å². The van der Waals surface area contributed by atoms with Crippen LogP contribution in [-0.4, -0.2) is 40.1 Å². The molecule has 0 spiro atoms. The summed E-state index contributed by atoms with van der Waals surface area (Å²) in [6.45, 7) is 2.66. The number of aryl methyl sites for hydroxylation is 1. The highest BCUT2D eigenvalue weighted by Gasteiger charge is 2.39. The Bertz CT molecular complexity index is 893. The van der Waals surface area contributed by atoms with E-state index in [1.54, 1.807) is 37.3 Å². The Morgan fingerprint density at radius 2 is 1.96 bits per heavy atom. The molecule has 1 aromatic heterocycles. The van der Waals surface area contributed by atoms with Gasteiger partial charge in [-0.2, -0.15) is 0 Å². The van der Waals surface area contributed by atoms with Crippen LogP contribution >= 0.6 is 11.3 Å². The number of anilines is 1. The number of carbonyl (C=O) groups excluding carboxylic acids is 4. The van der Waals surface area contributed by atoms with E-state index in [2.05, 4.69) is 15.6 Å². The fourth-order valence-electron chi connectivity index (χ4n) is 2.62. The third-order valence-corrected chi connectivity index (χ3v) is 5.00. The van der Waals surface area contributed by atoms with E-state index in [1.807, 2.05) is 0 Å². The van der Waals surface area contributed by atoms with E-state index in [-0.39, 0.29) is 10.9 Å². The minimum Gasteiger partial charge on any atom is -0.322 e. The zero-order chi connectivity index (χ0) is 18.8. The second-order valence-electron chi connectivity index (χ2n) is 5.76. The maximum atomic E-state index is 12.5. The predicted molar refractivity (Wildman–Crippen MR) is 94.9 cm³/mol. The average Bonchev–Trinajstić information content (AvgIpc) is 3.10. The van der Waals surface area contributed by atoms with Crippen molar-refractivity contribution in [2.45, 2.75) is 19.9 Å². The number of aromatic nitrogens is 1. The monoisotopic (exact) mass is 372 g/mol. The van der Waals surface area contributed by atoms with Gasteiger partial charge in [0.05, 0.1) is 10.6 Å². The Hall–Kier alpha value is -3.07. The third kappa shape index (κ3) is 3.47. The number of Topliss-reactive ketones (excluding diaryl/α,β-unsaturated/α-hetero) is 1. The fourth-order valence-corrected chi connectivity index (χ4v) is 3.50. The summed E-state index contributed by atoms with van der Waals surface area (Å²) in [7, 11) is 0. The minimum absolute atomic E-state index is 0.139. The number of benzene rings is 1. The van der Waals surface area contributed by atoms with Gasteiger partial charge < -0.3 is 10.6 Å². The van der Waals surface area contributed by atoms with Crippen molar-refractivity contribution in [1.29, 1.82) is 0 Å². The lowest BCUT2D eigenvalue weighted by Gasteiger charge is -2.12. The highest BCUT2D eigenvalue weighted by molar-refractivity contribution is 7.17. The maximum Gasteiger partial charge on any atom is 0.325 e. The molecule has 0 saturated carbocycles. The number of amides is 4. The summed E-state index contributed by atoms with van der Waals surface area (Å²) in [5.74, 6) is -1.19. The van der Waals surface area contributed by atoms with Crippen LogP contribution in [0.25, 0.3) is 0 Å². The van der Waals surface area contributed by atoms with Crippen molar-refractivity contribution in [2.75, 3.05) is 11.9 Å². The van der Waals surface area contributed by atoms with E-state index in [0.29, 0.717) is 16.1 Å². The van der Waals surface area contributed by atoms with Crippen molar-refractivity contribution in [3.8, 4) is 0 Å². The summed E-state index contributed by atoms with van der Waals surface area (Å²) in [5.41, 5.74) is 1.17. The normalized spacial score (nSPS) is 16.5. The summed E-state index contributed by atoms with van der Waals surface area (Å²) in [4.78, 5) is 53.6. The first-order valence-corrected chi connectivity index (χ1v) is 8.63. The molecule has 2 aromatic rings. The zero-order valence-electron chi connectivity index (χ0n) is 14.1. The quantitative estimate of drug-likeness (QED) is 0.615. The van der Waals surface area contributed by atoms with E-state index in [9.17, 15) is 19.2 Å². The molecule has 2 heterocycles. The van der Waals surface area contributed by atoms with Crippen LogP contribution in [0.1, 0.15) is 33.9 Å². The molecule has 3 rings (SSSR count). The first-order chi connectivity index (χ1) is 12.4. The second kappa shape index (κ2) is 7.04. The van der Waals surface area contributed by atoms with Gasteiger partial charge in [0.1, 0.15) is 12.6 Å². The van der Waals surface area contributed by atoms with Gasteiger partial charge in [0.15, 0.2) is 10.9 Å². The smallest absolute Gasteiger partial charge is 0.322 e. The molecule has 4 amide bonds. The van der Waals surface area contributed by atoms with Crippen LogP contribution < -0.4 is 10.6 Å². The number of thiazole rings is 1. The van der Waals surface area contributed by atoms with Crippen molar-refractivity contribution in [1.82, 2.24) is 15.2 Å². The van der Waals surface area contributed by atoms with E-state index < -0.39 is 30.4 Å². The summed E-state index contributed by atoms with van der Waals surface area (Å²) < 4.78 is 0. The van der Waals surface area contributed by atoms with Gasteiger partial charge >= 0.3 is 6.03 Å². The number of imide groups is 1. The van der Waals surface area contributed by atoms with Gasteiger partial charge in [0, 0.05) is 6.92 Å². The topological polar surface area (TPSA) is 108 Å². The van der Waals surface area contributed by atoms with Crippen LogP contribution in [-0.2, 0) is 9.59 Å². The van der Waals surface area contributed by atoms with Crippen LogP contribution in [0, 0.1) is 6.92 Å². The van der Waals surface area contributed by atoms with Gasteiger partial charge in [-0.1, -0.05) is 41.7 Å². The molecule has 0 aliphatic carbocycles. The van der Waals surface area contributed by atoms with Gasteiger partial charge in [0.25, 0.3) is 5.91 Å². The standard InChI is InChI=1S/C17H16N4O4S/c1-9-14(10(2)22)26-16(18-9)19-12(23)8-21-15(24)13(20-17(21)25)11-6-4-3-5-7-11/h3-7,13H,8H2,1-2H3,(H,20,25)(H,18,19,23). The van der Waals surface area contributed by atoms with Crippen molar-refractivity contribution in [3.05, 3.63) is 46.5 Å². The largest absolute Gasteiger partial charge is 0.325 e. The third-order valence-electron chi connectivity index (χ3n) is 3.82. The van der Waals surface area contributed by atoms with Crippen molar-refractivity contribution >= 4 is 40.1 Å². The van der Waals surface area contributed by atoms with Crippen LogP contribution in [0.4, 0.5) is 9.93 Å². The summed E-state index contributed by atoms with van der Waals surface area (Å²) >= 11 is 1.06. The molecule has 0 radical (unpaired) electrons. The Labute approximate surface area is 153 Å². The number of nitrogens with zero attached hydrogens (tertiary/aromatic N) is 2. The Morgan fingerprint density at radius 1 is 1.27 bits per heavy atom. The molecule has 8 nitrogen and oxygen atoms in total. The lowest BCUT2D eigenvalue weighted by atomic mass is 10.1. The number of urea groups is 1. The first-order valence-electron chi connectivity index (χ1n) is 7.82. The first kappa shape index (κ1) is 17.7. The molecule has 1 aliphatic rings. The Morgan fingerprint density at radius 3 is 2.58 bits per heavy atom. The van der Waals surface area contributed by atoms with Crippen molar-refractivity contribution in [3.63, 3.8) is 0 Å². The van der Waals surface area contributed by atoms with Crippen LogP contribution in [0.3, 0.4) is 0 Å². The number of ketones is 1. The van der Waals surface area contributed by atoms with Crippen LogP contribution in [0.2, 0.25) is 0 Å². The number of hydrogen-bond acceptors (Lipinski definition) is 6. The lowest BCUT2D eigenvalue weighted by Crippen LogP contribution is -2.38. The van der Waals surface area contributed by atoms with Crippen molar-refractivity contribution in [2.24, 2.45) is 0 Å². The molecule has 1 saturated heterocycles. The molecule has 0 bridgehead atoms. The molecule has 2 N–H and O–H groups in total. The number of nitrogens with one attached hydrogen (secondary N) is 2. The maximum absolute atomic E-state index is 12.5. The van der Waals surface area contributed by atoms with E-state index in [0.717, 1.165) is 16.2 Å². The molecule has 1 fully saturated rings. The lowest BCUT2D eigenvalue weighted by molar-refractivity contribution is -0.130. The Balaban J connectivity index is 1.67. The zero-order valence-corrected chi connectivity index (χ0v) is 14.9. The molecular weight excluding hydrogens is 356 g/mol. The highest BCUT2D eigenvalue weighted by Crippen LogP contribution is 2.24. The van der Waals surface area contributed by atoms with E-state index in [4.69, 9.17) is 0 Å².